The van der Waals surface area contributed by atoms with Gasteiger partial charge in [-0.15, -0.1) is 0 Å². The third kappa shape index (κ3) is 13.6. The Morgan fingerprint density at radius 1 is 0.826 bits per heavy atom. The number of aromatic hydroxyl groups is 4. The van der Waals surface area contributed by atoms with Crippen LogP contribution in [0.1, 0.15) is 115 Å². The molecule has 2 aliphatic carbocycles. The van der Waals surface area contributed by atoms with E-state index in [9.17, 15) is 54.9 Å². The average Bonchev–Trinajstić information content (AvgIpc) is 0.753. The lowest BCUT2D eigenvalue weighted by Crippen LogP contribution is -2.56. The van der Waals surface area contributed by atoms with Crippen LogP contribution in [0.2, 0.25) is 0 Å². The molecule has 6 atom stereocenters. The molecule has 1 amide bonds. The quantitative estimate of drug-likeness (QED) is 0.00771. The van der Waals surface area contributed by atoms with E-state index in [1.807, 2.05) is 49.5 Å². The molecule has 4 unspecified atom stereocenters. The number of ether oxygens (including phenoxy) is 5. The predicted octanol–water partition coefficient (Wildman–Crippen LogP) is 6.18. The molecule has 0 spiro atoms. The number of amides is 1. The number of fused-ring (bicyclic) bond motifs is 3. The Kier molecular flexibility index (Phi) is 20.0. The Morgan fingerprint density at radius 2 is 1.53 bits per heavy atom. The van der Waals surface area contributed by atoms with Gasteiger partial charge in [-0.25, -0.2) is 0 Å². The van der Waals surface area contributed by atoms with Crippen LogP contribution in [0.3, 0.4) is 0 Å². The normalized spacial score (nSPS) is 20.2. The number of methoxy groups -OCH3 is 1. The molecule has 21 heteroatoms. The predicted molar refractivity (Wildman–Crippen MR) is 316 cm³/mol. The second-order valence-corrected chi connectivity index (χ2v) is 21.2. The molecule has 9 N–H and O–H groups in total. The standard InChI is InChI=1S/C65H70N4O17/c1-5-44(39-10-7-6-8-11-39)54(40-15-19-42(71)20-16-40)41-17-21-43(22-18-41)83-27-25-69(3)24-26-82-28-29-84-68-34-38-14-23-49(72)46(30-38)64(79)67-36-66-48-31-53(85-37(2)59(48)74)86-51-33-65(80,52(73)35-70)32-47-56(51)63(78)58-57(61(47)76)60(75)45-12-9-13-50(81-4)55(45)62(58)77/h6-23,30,34,37,48,51,53,59,66,70-72,74,76,78,80H,5,24-29,31-33,35-36H2,1-4H3,(H,67,79)/b54-44+,68-34+/t37?,48?,51-,53?,59?,65-/m0/s1. The van der Waals surface area contributed by atoms with Gasteiger partial charge in [-0.2, -0.15) is 0 Å². The number of hydrogen-bond donors (Lipinski definition) is 9. The summed E-state index contributed by atoms with van der Waals surface area (Å²) in [5.74, 6) is -4.18. The zero-order valence-corrected chi connectivity index (χ0v) is 48.0. The maximum absolute atomic E-state index is 14.1. The van der Waals surface area contributed by atoms with Crippen LogP contribution in [-0.4, -0.2) is 167 Å². The number of aliphatic hydroxyl groups is 3. The maximum atomic E-state index is 14.1. The Morgan fingerprint density at radius 3 is 2.24 bits per heavy atom. The molecule has 6 aromatic rings. The van der Waals surface area contributed by atoms with Crippen LogP contribution in [0.5, 0.6) is 34.5 Å². The minimum Gasteiger partial charge on any atom is -0.508 e. The van der Waals surface area contributed by atoms with Crippen molar-refractivity contribution in [1.29, 1.82) is 0 Å². The van der Waals surface area contributed by atoms with E-state index in [0.29, 0.717) is 31.9 Å². The van der Waals surface area contributed by atoms with Gasteiger partial charge in [0.1, 0.15) is 59.9 Å². The molecule has 1 heterocycles. The lowest BCUT2D eigenvalue weighted by Gasteiger charge is -2.43. The van der Waals surface area contributed by atoms with Crippen molar-refractivity contribution < 1.29 is 83.4 Å². The van der Waals surface area contributed by atoms with Gasteiger partial charge in [-0.3, -0.25) is 24.5 Å². The first-order chi connectivity index (χ1) is 41.4. The molecule has 0 aromatic heterocycles. The number of ketones is 3. The molecular weight excluding hydrogens is 1110 g/mol. The number of rotatable bonds is 25. The van der Waals surface area contributed by atoms with Crippen LogP contribution in [-0.2, 0) is 30.3 Å². The van der Waals surface area contributed by atoms with E-state index >= 15 is 0 Å². The summed E-state index contributed by atoms with van der Waals surface area (Å²) in [6, 6.07) is 33.4. The Balaban J connectivity index is 0.727. The monoisotopic (exact) mass is 1180 g/mol. The maximum Gasteiger partial charge on any atom is 0.256 e. The van der Waals surface area contributed by atoms with Crippen LogP contribution in [0.15, 0.2) is 120 Å². The summed E-state index contributed by atoms with van der Waals surface area (Å²) in [7, 11) is 3.28. The molecule has 1 fully saturated rings. The number of carbonyl (C=O) groups is 4. The van der Waals surface area contributed by atoms with Crippen molar-refractivity contribution in [1.82, 2.24) is 15.5 Å². The molecular formula is C65H70N4O17. The highest BCUT2D eigenvalue weighted by Crippen LogP contribution is 2.53. The average molecular weight is 1180 g/mol. The number of phenolic OH excluding ortho intramolecular Hbond substituents is 4. The zero-order valence-electron chi connectivity index (χ0n) is 48.0. The van der Waals surface area contributed by atoms with Crippen molar-refractivity contribution in [2.45, 2.75) is 75.8 Å². The van der Waals surface area contributed by atoms with E-state index in [0.717, 1.165) is 34.4 Å². The highest BCUT2D eigenvalue weighted by Gasteiger charge is 2.50. The fourth-order valence-electron chi connectivity index (χ4n) is 11.1. The number of phenols is 4. The lowest BCUT2D eigenvalue weighted by atomic mass is 9.72. The van der Waals surface area contributed by atoms with E-state index < -0.39 is 102 Å². The summed E-state index contributed by atoms with van der Waals surface area (Å²) in [6.07, 6.45) is -3.98. The van der Waals surface area contributed by atoms with Gasteiger partial charge in [0.15, 0.2) is 17.9 Å². The van der Waals surface area contributed by atoms with Crippen LogP contribution in [0.25, 0.3) is 11.1 Å². The van der Waals surface area contributed by atoms with E-state index in [-0.39, 0.29) is 71.4 Å². The third-order valence-corrected chi connectivity index (χ3v) is 15.7. The number of benzene rings is 6. The van der Waals surface area contributed by atoms with Gasteiger partial charge in [-0.05, 0) is 102 Å². The SMILES string of the molecule is CC/C(=C(/c1ccc(O)cc1)c1ccc(OCCN(C)CCOCCO/N=C/c2ccc(O)c(C(=O)NCNC3CC(O[C@H]4C[C@](O)(C(=O)CO)Cc5c(O)c6c(c(O)c54)C(=O)c4c(OC)cccc4C6=O)OC(C)C3O)c2)cc1)c1ccccc1. The third-order valence-electron chi connectivity index (χ3n) is 15.7. The Labute approximate surface area is 496 Å². The van der Waals surface area contributed by atoms with Crippen LogP contribution < -0.4 is 20.1 Å². The number of allylic oxidation sites excluding steroid dienone is 1. The van der Waals surface area contributed by atoms with Gasteiger partial charge in [0.25, 0.3) is 5.91 Å². The van der Waals surface area contributed by atoms with Gasteiger partial charge in [-0.1, -0.05) is 78.8 Å². The van der Waals surface area contributed by atoms with Crippen LogP contribution in [0.4, 0.5) is 0 Å². The molecule has 1 saturated heterocycles. The first kappa shape index (κ1) is 62.0. The topological polar surface area (TPSA) is 305 Å². The minimum atomic E-state index is -2.37. The molecule has 0 radical (unpaired) electrons. The molecule has 1 aliphatic heterocycles. The second kappa shape index (κ2) is 27.7. The molecule has 0 saturated carbocycles. The van der Waals surface area contributed by atoms with Gasteiger partial charge in [0, 0.05) is 55.1 Å². The summed E-state index contributed by atoms with van der Waals surface area (Å²) >= 11 is 0. The molecule has 86 heavy (non-hydrogen) atoms. The number of likely N-dealkylation sites (N-methyl/N-ethyl adjacent to an activating group) is 1. The number of nitrogens with one attached hydrogen (secondary N) is 2. The smallest absolute Gasteiger partial charge is 0.256 e. The fourth-order valence-corrected chi connectivity index (χ4v) is 11.1. The summed E-state index contributed by atoms with van der Waals surface area (Å²) < 4.78 is 29.5. The van der Waals surface area contributed by atoms with Crippen LogP contribution in [0, 0.1) is 0 Å². The fraction of sp³-hybridized carbons (Fsp3) is 0.338. The number of nitrogens with zero attached hydrogens (tertiary/aromatic N) is 2. The van der Waals surface area contributed by atoms with Crippen LogP contribution >= 0.6 is 0 Å². The van der Waals surface area contributed by atoms with Crippen molar-refractivity contribution in [2.75, 3.05) is 67.0 Å². The molecule has 9 rings (SSSR count). The van der Waals surface area contributed by atoms with E-state index in [2.05, 4.69) is 51.9 Å². The first-order valence-corrected chi connectivity index (χ1v) is 28.2. The minimum absolute atomic E-state index is 0.0489. The first-order valence-electron chi connectivity index (χ1n) is 28.2. The highest BCUT2D eigenvalue weighted by molar-refractivity contribution is 6.31. The number of carbonyl (C=O) groups excluding carboxylic acids is 4. The van der Waals surface area contributed by atoms with E-state index in [4.69, 9.17) is 28.5 Å². The molecule has 21 nitrogen and oxygen atoms in total. The molecule has 0 bridgehead atoms. The lowest BCUT2D eigenvalue weighted by molar-refractivity contribution is -0.249. The molecule has 6 aromatic carbocycles. The van der Waals surface area contributed by atoms with Crippen molar-refractivity contribution >= 4 is 40.6 Å². The van der Waals surface area contributed by atoms with Gasteiger partial charge < -0.3 is 74.5 Å². The van der Waals surface area contributed by atoms with Gasteiger partial charge >= 0.3 is 0 Å². The summed E-state index contributed by atoms with van der Waals surface area (Å²) in [5, 5.41) is 86.6. The summed E-state index contributed by atoms with van der Waals surface area (Å²) in [6.45, 7) is 5.00. The summed E-state index contributed by atoms with van der Waals surface area (Å²) in [5.41, 5.74) is 1.70. The van der Waals surface area contributed by atoms with E-state index in [1.165, 1.54) is 49.2 Å². The van der Waals surface area contributed by atoms with Crippen molar-refractivity contribution in [3.63, 3.8) is 0 Å². The van der Waals surface area contributed by atoms with E-state index in [1.54, 1.807) is 25.1 Å². The number of aliphatic hydroxyl groups excluding tert-OH is 2. The number of hydrogen-bond acceptors (Lipinski definition) is 20. The largest absolute Gasteiger partial charge is 0.508 e. The number of oxime groups is 1. The van der Waals surface area contributed by atoms with Gasteiger partial charge in [0.2, 0.25) is 5.78 Å². The Bertz CT molecular complexity index is 3500. The number of Topliss-reactive ketones (excluding diaryl/α,β-unsaturated/α-hetero) is 1. The molecule has 452 valence electrons. The highest BCUT2D eigenvalue weighted by atomic mass is 16.7. The van der Waals surface area contributed by atoms with Crippen molar-refractivity contribution in [2.24, 2.45) is 5.16 Å². The van der Waals surface area contributed by atoms with Crippen molar-refractivity contribution in [3.8, 4) is 34.5 Å². The second-order valence-electron chi connectivity index (χ2n) is 21.2. The zero-order chi connectivity index (χ0) is 61.2. The van der Waals surface area contributed by atoms with Gasteiger partial charge in [0.05, 0.1) is 73.8 Å². The van der Waals surface area contributed by atoms with Crippen molar-refractivity contribution in [3.05, 3.63) is 176 Å². The summed E-state index contributed by atoms with van der Waals surface area (Å²) in [4.78, 5) is 61.9. The Hall–Kier alpha value is -8.51. The molecule has 3 aliphatic rings.